The van der Waals surface area contributed by atoms with Gasteiger partial charge in [-0.2, -0.15) is 4.31 Å². The summed E-state index contributed by atoms with van der Waals surface area (Å²) in [5, 5.41) is 3.27. The second-order valence-electron chi connectivity index (χ2n) is 5.17. The van der Waals surface area contributed by atoms with Crippen molar-refractivity contribution in [1.29, 1.82) is 0 Å². The van der Waals surface area contributed by atoms with Crippen LogP contribution < -0.4 is 5.32 Å². The number of hydrogen-bond donors (Lipinski definition) is 1. The van der Waals surface area contributed by atoms with Gasteiger partial charge < -0.3 is 10.2 Å². The molecule has 0 aromatic heterocycles. The molecule has 0 radical (unpaired) electrons. The van der Waals surface area contributed by atoms with Gasteiger partial charge in [0.05, 0.1) is 5.75 Å². The van der Waals surface area contributed by atoms with Crippen LogP contribution in [-0.2, 0) is 10.0 Å². The minimum atomic E-state index is -3.03. The highest BCUT2D eigenvalue weighted by molar-refractivity contribution is 7.89. The normalized spacial score (nSPS) is 26.2. The Morgan fingerprint density at radius 1 is 1.12 bits per heavy atom. The first kappa shape index (κ1) is 13.3. The van der Waals surface area contributed by atoms with Gasteiger partial charge in [-0.25, -0.2) is 8.42 Å². The fourth-order valence-electron chi connectivity index (χ4n) is 2.52. The fourth-order valence-corrected chi connectivity index (χ4v) is 4.38. The highest BCUT2D eigenvalue weighted by Gasteiger charge is 2.29. The Morgan fingerprint density at radius 3 is 2.29 bits per heavy atom. The number of piperidine rings is 1. The van der Waals surface area contributed by atoms with E-state index in [1.54, 1.807) is 4.31 Å². The predicted molar refractivity (Wildman–Crippen MR) is 68.5 cm³/mol. The second kappa shape index (κ2) is 5.65. The molecule has 2 heterocycles. The maximum absolute atomic E-state index is 12.2. The van der Waals surface area contributed by atoms with E-state index in [0.717, 1.165) is 39.0 Å². The summed E-state index contributed by atoms with van der Waals surface area (Å²) in [5.41, 5.74) is 0. The van der Waals surface area contributed by atoms with Gasteiger partial charge in [0, 0.05) is 26.2 Å². The molecule has 5 nitrogen and oxygen atoms in total. The lowest BCUT2D eigenvalue weighted by atomic mass is 10.0. The number of hydrogen-bond acceptors (Lipinski definition) is 4. The molecule has 0 bridgehead atoms. The van der Waals surface area contributed by atoms with Crippen LogP contribution in [-0.4, -0.2) is 69.7 Å². The van der Waals surface area contributed by atoms with Crippen LogP contribution in [0.5, 0.6) is 0 Å². The molecule has 0 aromatic carbocycles. The number of piperazine rings is 1. The average Bonchev–Trinajstić information content (AvgIpc) is 2.30. The van der Waals surface area contributed by atoms with Gasteiger partial charge in [0.25, 0.3) is 0 Å². The highest BCUT2D eigenvalue weighted by Crippen LogP contribution is 2.17. The summed E-state index contributed by atoms with van der Waals surface area (Å²) in [4.78, 5) is 2.18. The van der Waals surface area contributed by atoms with E-state index in [2.05, 4.69) is 10.2 Å². The van der Waals surface area contributed by atoms with E-state index < -0.39 is 10.0 Å². The molecule has 100 valence electrons. The van der Waals surface area contributed by atoms with Crippen LogP contribution in [0.1, 0.15) is 12.8 Å². The van der Waals surface area contributed by atoms with Gasteiger partial charge in [0.1, 0.15) is 0 Å². The molecule has 0 unspecified atom stereocenters. The molecule has 0 atom stereocenters. The lowest BCUT2D eigenvalue weighted by Crippen LogP contribution is -2.48. The van der Waals surface area contributed by atoms with E-state index in [4.69, 9.17) is 0 Å². The van der Waals surface area contributed by atoms with E-state index in [1.807, 2.05) is 7.05 Å². The van der Waals surface area contributed by atoms with E-state index in [9.17, 15) is 8.42 Å². The molecule has 6 heteroatoms. The third-order valence-electron chi connectivity index (χ3n) is 3.76. The van der Waals surface area contributed by atoms with Crippen LogP contribution in [0.2, 0.25) is 0 Å². The Kier molecular flexibility index (Phi) is 4.41. The van der Waals surface area contributed by atoms with Gasteiger partial charge in [-0.15, -0.1) is 0 Å². The summed E-state index contributed by atoms with van der Waals surface area (Å²) in [6.45, 7) is 4.94. The Bertz CT molecular complexity index is 331. The highest BCUT2D eigenvalue weighted by atomic mass is 32.2. The third kappa shape index (κ3) is 3.64. The Morgan fingerprint density at radius 2 is 1.71 bits per heavy atom. The monoisotopic (exact) mass is 261 g/mol. The molecule has 2 fully saturated rings. The predicted octanol–water partition coefficient (Wildman–Crippen LogP) is -0.437. The number of likely N-dealkylation sites (N-methyl/N-ethyl adjacent to an activating group) is 1. The Balaban J connectivity index is 1.89. The van der Waals surface area contributed by atoms with Crippen molar-refractivity contribution in [2.45, 2.75) is 12.8 Å². The summed E-state index contributed by atoms with van der Waals surface area (Å²) in [7, 11) is -0.989. The van der Waals surface area contributed by atoms with Crippen molar-refractivity contribution in [2.75, 3.05) is 52.1 Å². The summed E-state index contributed by atoms with van der Waals surface area (Å²) < 4.78 is 26.2. The van der Waals surface area contributed by atoms with Crippen LogP contribution in [0.15, 0.2) is 0 Å². The van der Waals surface area contributed by atoms with E-state index in [-0.39, 0.29) is 0 Å². The van der Waals surface area contributed by atoms with Crippen molar-refractivity contribution in [3.05, 3.63) is 0 Å². The van der Waals surface area contributed by atoms with Gasteiger partial charge in [-0.1, -0.05) is 0 Å². The smallest absolute Gasteiger partial charge is 0.214 e. The van der Waals surface area contributed by atoms with Gasteiger partial charge in [0.2, 0.25) is 10.0 Å². The van der Waals surface area contributed by atoms with Crippen LogP contribution in [0.25, 0.3) is 0 Å². The summed E-state index contributed by atoms with van der Waals surface area (Å²) >= 11 is 0. The minimum Gasteiger partial charge on any atom is -0.317 e. The Labute approximate surface area is 104 Å². The zero-order valence-electron chi connectivity index (χ0n) is 10.6. The van der Waals surface area contributed by atoms with Crippen molar-refractivity contribution in [1.82, 2.24) is 14.5 Å². The van der Waals surface area contributed by atoms with Crippen molar-refractivity contribution in [3.8, 4) is 0 Å². The molecule has 0 spiro atoms. The molecule has 0 aromatic rings. The van der Waals surface area contributed by atoms with Crippen molar-refractivity contribution >= 4 is 10.0 Å². The number of nitrogens with one attached hydrogen (secondary N) is 1. The molecule has 0 aliphatic carbocycles. The van der Waals surface area contributed by atoms with Crippen molar-refractivity contribution in [3.63, 3.8) is 0 Å². The van der Waals surface area contributed by atoms with Crippen molar-refractivity contribution in [2.24, 2.45) is 5.92 Å². The second-order valence-corrected chi connectivity index (χ2v) is 7.19. The van der Waals surface area contributed by atoms with Crippen LogP contribution in [0.4, 0.5) is 0 Å². The summed E-state index contributed by atoms with van der Waals surface area (Å²) in [5.74, 6) is 0.694. The number of rotatable bonds is 3. The first-order valence-electron chi connectivity index (χ1n) is 6.45. The first-order valence-corrected chi connectivity index (χ1v) is 8.06. The Hall–Kier alpha value is -0.170. The standard InChI is InChI=1S/C11H23N3O2S/c1-13-6-8-14(9-7-13)17(15,16)10-11-2-4-12-5-3-11/h11-12H,2-10H2,1H3. The number of sulfonamides is 1. The van der Waals surface area contributed by atoms with Gasteiger partial charge in [0.15, 0.2) is 0 Å². The maximum Gasteiger partial charge on any atom is 0.214 e. The molecule has 17 heavy (non-hydrogen) atoms. The zero-order valence-corrected chi connectivity index (χ0v) is 11.4. The molecule has 1 N–H and O–H groups in total. The lowest BCUT2D eigenvalue weighted by molar-refractivity contribution is 0.221. The van der Waals surface area contributed by atoms with Gasteiger partial charge in [-0.05, 0) is 38.9 Å². The molecule has 2 saturated heterocycles. The van der Waals surface area contributed by atoms with Crippen molar-refractivity contribution < 1.29 is 8.42 Å². The number of nitrogens with zero attached hydrogens (tertiary/aromatic N) is 2. The average molecular weight is 261 g/mol. The van der Waals surface area contributed by atoms with E-state index in [1.165, 1.54) is 0 Å². The quantitative estimate of drug-likeness (QED) is 0.748. The minimum absolute atomic E-state index is 0.346. The molecular weight excluding hydrogens is 238 g/mol. The fraction of sp³-hybridized carbons (Fsp3) is 1.00. The molecule has 2 aliphatic heterocycles. The first-order chi connectivity index (χ1) is 8.08. The molecule has 2 aliphatic rings. The van der Waals surface area contributed by atoms with Crippen LogP contribution >= 0.6 is 0 Å². The SMILES string of the molecule is CN1CCN(S(=O)(=O)CC2CCNCC2)CC1. The van der Waals surface area contributed by atoms with E-state index >= 15 is 0 Å². The summed E-state index contributed by atoms with van der Waals surface area (Å²) in [6.07, 6.45) is 1.99. The van der Waals surface area contributed by atoms with Crippen LogP contribution in [0.3, 0.4) is 0 Å². The largest absolute Gasteiger partial charge is 0.317 e. The lowest BCUT2D eigenvalue weighted by Gasteiger charge is -2.33. The van der Waals surface area contributed by atoms with Gasteiger partial charge in [-0.3, -0.25) is 0 Å². The third-order valence-corrected chi connectivity index (χ3v) is 5.81. The molecular formula is C11H23N3O2S. The molecule has 0 saturated carbocycles. The van der Waals surface area contributed by atoms with E-state index in [0.29, 0.717) is 24.8 Å². The maximum atomic E-state index is 12.2. The molecule has 2 rings (SSSR count). The molecule has 0 amide bonds. The zero-order chi connectivity index (χ0) is 12.3. The summed E-state index contributed by atoms with van der Waals surface area (Å²) in [6, 6.07) is 0. The topological polar surface area (TPSA) is 52.7 Å². The van der Waals surface area contributed by atoms with Crippen LogP contribution in [0, 0.1) is 5.92 Å². The van der Waals surface area contributed by atoms with Gasteiger partial charge >= 0.3 is 0 Å².